The number of aryl methyl sites for hydroxylation is 1. The van der Waals surface area contributed by atoms with Gasteiger partial charge in [-0.2, -0.15) is 0 Å². The van der Waals surface area contributed by atoms with Gasteiger partial charge in [-0.05, 0) is 61.1 Å². The Morgan fingerprint density at radius 3 is 2.26 bits per heavy atom. The Hall–Kier alpha value is -0.703. The fourth-order valence-corrected chi connectivity index (χ4v) is 9.24. The Bertz CT molecular complexity index is 557. The van der Waals surface area contributed by atoms with Crippen LogP contribution in [0.4, 0.5) is 8.78 Å². The van der Waals surface area contributed by atoms with Crippen LogP contribution in [0.3, 0.4) is 0 Å². The van der Waals surface area contributed by atoms with Crippen molar-refractivity contribution in [1.29, 1.82) is 0 Å². The Morgan fingerprint density at radius 1 is 0.889 bits per heavy atom. The van der Waals surface area contributed by atoms with Crippen LogP contribution in [-0.4, -0.2) is 8.80 Å². The van der Waals surface area contributed by atoms with Crippen LogP contribution in [0.5, 0.6) is 0 Å². The molecule has 1 aromatic carbocycles. The first-order valence-corrected chi connectivity index (χ1v) is 14.0. The summed E-state index contributed by atoms with van der Waals surface area (Å²) in [6.45, 7) is 2.36. The Labute approximate surface area is 166 Å². The summed E-state index contributed by atoms with van der Waals surface area (Å²) in [5, 5.41) is 0. The minimum Gasteiger partial charge on any atom is -0.204 e. The summed E-state index contributed by atoms with van der Waals surface area (Å²) in [5.41, 5.74) is 0.930. The molecule has 1 aliphatic heterocycles. The molecule has 0 nitrogen and oxygen atoms in total. The molecule has 2 aliphatic rings. The topological polar surface area (TPSA) is 0 Å². The van der Waals surface area contributed by atoms with E-state index in [1.807, 2.05) is 0 Å². The number of benzene rings is 1. The van der Waals surface area contributed by atoms with E-state index in [4.69, 9.17) is 0 Å². The maximum Gasteiger partial charge on any atom is 0.159 e. The smallest absolute Gasteiger partial charge is 0.159 e. The van der Waals surface area contributed by atoms with Gasteiger partial charge < -0.3 is 0 Å². The van der Waals surface area contributed by atoms with E-state index in [2.05, 4.69) is 6.92 Å². The fourth-order valence-electron chi connectivity index (χ4n) is 5.76. The third kappa shape index (κ3) is 6.41. The van der Waals surface area contributed by atoms with E-state index in [1.54, 1.807) is 37.0 Å². The van der Waals surface area contributed by atoms with Crippen LogP contribution >= 0.6 is 0 Å². The van der Waals surface area contributed by atoms with Crippen molar-refractivity contribution in [2.24, 2.45) is 17.8 Å². The van der Waals surface area contributed by atoms with E-state index in [0.29, 0.717) is 0 Å². The Morgan fingerprint density at radius 2 is 1.59 bits per heavy atom. The molecule has 3 heteroatoms. The maximum absolute atomic E-state index is 13.3. The quantitative estimate of drug-likeness (QED) is 0.317. The maximum atomic E-state index is 13.3. The van der Waals surface area contributed by atoms with Crippen molar-refractivity contribution < 1.29 is 8.78 Å². The molecule has 1 aliphatic carbocycles. The van der Waals surface area contributed by atoms with E-state index in [1.165, 1.54) is 57.1 Å². The molecule has 0 spiro atoms. The highest BCUT2D eigenvalue weighted by molar-refractivity contribution is 6.58. The zero-order chi connectivity index (χ0) is 19.1. The van der Waals surface area contributed by atoms with Crippen molar-refractivity contribution in [2.45, 2.75) is 95.7 Å². The lowest BCUT2D eigenvalue weighted by Crippen LogP contribution is -2.28. The summed E-state index contributed by atoms with van der Waals surface area (Å²) in [4.78, 5) is 0. The number of unbranched alkanes of at least 4 members (excludes halogenated alkanes) is 1. The van der Waals surface area contributed by atoms with Crippen molar-refractivity contribution in [2.75, 3.05) is 0 Å². The summed E-state index contributed by atoms with van der Waals surface area (Å²) >= 11 is 0. The average Bonchev–Trinajstić information content (AvgIpc) is 2.69. The van der Waals surface area contributed by atoms with Gasteiger partial charge in [0.15, 0.2) is 11.6 Å². The van der Waals surface area contributed by atoms with Gasteiger partial charge >= 0.3 is 0 Å². The summed E-state index contributed by atoms with van der Waals surface area (Å²) in [6, 6.07) is 9.18. The van der Waals surface area contributed by atoms with Gasteiger partial charge in [0.25, 0.3) is 0 Å². The van der Waals surface area contributed by atoms with Gasteiger partial charge in [-0.3, -0.25) is 0 Å². The van der Waals surface area contributed by atoms with E-state index < -0.39 is 11.6 Å². The number of rotatable bonds is 8. The molecule has 3 rings (SSSR count). The molecule has 0 radical (unpaired) electrons. The third-order valence-electron chi connectivity index (χ3n) is 7.46. The predicted molar refractivity (Wildman–Crippen MR) is 114 cm³/mol. The molecular weight excluding hydrogens is 354 g/mol. The Balaban J connectivity index is 1.29. The highest BCUT2D eigenvalue weighted by Gasteiger charge is 2.30. The standard InChI is InChI=1S/C24H38F2Si/c1-2-15-27-16-13-22(14-17-27)21-10-7-19(8-11-21)5-3-4-6-20-9-12-23(25)24(26)18-20/h9,12,18-19,21-22,27H,2-8,10-11,13-17H2,1H3/t19-,21-,22-,27-. The predicted octanol–water partition coefficient (Wildman–Crippen LogP) is 7.53. The van der Waals surface area contributed by atoms with Crippen molar-refractivity contribution >= 4 is 8.80 Å². The van der Waals surface area contributed by atoms with E-state index >= 15 is 0 Å². The van der Waals surface area contributed by atoms with E-state index in [0.717, 1.165) is 36.2 Å². The molecule has 0 aromatic heterocycles. The van der Waals surface area contributed by atoms with Crippen LogP contribution in [0, 0.1) is 29.4 Å². The molecule has 1 saturated carbocycles. The number of hydrogen-bond acceptors (Lipinski definition) is 0. The second-order valence-corrected chi connectivity index (χ2v) is 12.8. The minimum atomic E-state index is -0.739. The normalized spacial score (nSPS) is 29.0. The highest BCUT2D eigenvalue weighted by atomic mass is 28.3. The van der Waals surface area contributed by atoms with Crippen molar-refractivity contribution in [3.8, 4) is 0 Å². The van der Waals surface area contributed by atoms with Crippen LogP contribution in [0.1, 0.15) is 76.7 Å². The first kappa shape index (κ1) is 21.0. The monoisotopic (exact) mass is 392 g/mol. The van der Waals surface area contributed by atoms with E-state index in [-0.39, 0.29) is 8.80 Å². The lowest BCUT2D eigenvalue weighted by Gasteiger charge is -2.37. The summed E-state index contributed by atoms with van der Waals surface area (Å²) in [7, 11) is -0.327. The highest BCUT2D eigenvalue weighted by Crippen LogP contribution is 2.41. The number of halogens is 2. The molecule has 152 valence electrons. The van der Waals surface area contributed by atoms with Crippen molar-refractivity contribution in [3.63, 3.8) is 0 Å². The van der Waals surface area contributed by atoms with Gasteiger partial charge in [-0.25, -0.2) is 8.78 Å². The van der Waals surface area contributed by atoms with Crippen LogP contribution in [-0.2, 0) is 6.42 Å². The summed E-state index contributed by atoms with van der Waals surface area (Å²) < 4.78 is 26.2. The number of hydrogen-bond donors (Lipinski definition) is 0. The molecule has 2 fully saturated rings. The lowest BCUT2D eigenvalue weighted by atomic mass is 9.73. The first-order valence-electron chi connectivity index (χ1n) is 11.6. The van der Waals surface area contributed by atoms with Gasteiger partial charge in [0, 0.05) is 8.80 Å². The van der Waals surface area contributed by atoms with Crippen LogP contribution < -0.4 is 0 Å². The lowest BCUT2D eigenvalue weighted by molar-refractivity contribution is 0.184. The molecule has 0 N–H and O–H groups in total. The van der Waals surface area contributed by atoms with Gasteiger partial charge in [0.1, 0.15) is 0 Å². The second kappa shape index (κ2) is 10.7. The molecule has 0 amide bonds. The van der Waals surface area contributed by atoms with Gasteiger partial charge in [-0.15, -0.1) is 0 Å². The van der Waals surface area contributed by atoms with Crippen molar-refractivity contribution in [3.05, 3.63) is 35.4 Å². The molecule has 1 heterocycles. The molecular formula is C24H38F2Si. The average molecular weight is 393 g/mol. The zero-order valence-corrected chi connectivity index (χ0v) is 18.4. The SMILES string of the molecule is CCC[Si@H]1CC[C@H]([C@H]2CC[C@H](CCCCc3ccc(F)c(F)c3)CC2)CC1. The van der Waals surface area contributed by atoms with Crippen LogP contribution in [0.15, 0.2) is 18.2 Å². The largest absolute Gasteiger partial charge is 0.204 e. The van der Waals surface area contributed by atoms with Gasteiger partial charge in [0.2, 0.25) is 0 Å². The van der Waals surface area contributed by atoms with Crippen LogP contribution in [0.25, 0.3) is 0 Å². The molecule has 0 bridgehead atoms. The van der Waals surface area contributed by atoms with Gasteiger partial charge in [0.05, 0.1) is 0 Å². The summed E-state index contributed by atoms with van der Waals surface area (Å²) in [5.74, 6) is 1.55. The first-order chi connectivity index (χ1) is 13.2. The van der Waals surface area contributed by atoms with Gasteiger partial charge in [-0.1, -0.05) is 76.1 Å². The molecule has 0 atom stereocenters. The van der Waals surface area contributed by atoms with Crippen LogP contribution in [0.2, 0.25) is 18.1 Å². The zero-order valence-electron chi connectivity index (χ0n) is 17.2. The molecule has 27 heavy (non-hydrogen) atoms. The van der Waals surface area contributed by atoms with E-state index in [9.17, 15) is 8.78 Å². The molecule has 1 aromatic rings. The van der Waals surface area contributed by atoms with Crippen molar-refractivity contribution in [1.82, 2.24) is 0 Å². The minimum absolute atomic E-state index is 0.327. The fraction of sp³-hybridized carbons (Fsp3) is 0.750. The third-order valence-corrected chi connectivity index (χ3v) is 11.2. The molecule has 0 unspecified atom stereocenters. The Kier molecular flexibility index (Phi) is 8.36. The second-order valence-electron chi connectivity index (χ2n) is 9.34. The summed E-state index contributed by atoms with van der Waals surface area (Å²) in [6.07, 6.45) is 14.9. The molecule has 1 saturated heterocycles.